The molecule has 0 aromatic carbocycles. The number of hydrogen-bond acceptors (Lipinski definition) is 6. The Morgan fingerprint density at radius 3 is 1.00 bits per heavy atom. The lowest BCUT2D eigenvalue weighted by atomic mass is 9.89. The molecule has 0 bridgehead atoms. The van der Waals surface area contributed by atoms with Crippen molar-refractivity contribution in [3.05, 3.63) is 0 Å². The van der Waals surface area contributed by atoms with Gasteiger partial charge in [-0.15, -0.1) is 0 Å². The van der Waals surface area contributed by atoms with E-state index in [1.54, 1.807) is 0 Å². The van der Waals surface area contributed by atoms with Gasteiger partial charge in [0.15, 0.2) is 0 Å². The fraction of sp³-hybridized carbons (Fsp3) is 1.00. The monoisotopic (exact) mass is 396 g/mol. The molecule has 0 amide bonds. The maximum Gasteiger partial charge on any atom is 0.0428 e. The Morgan fingerprint density at radius 2 is 0.750 bits per heavy atom. The summed E-state index contributed by atoms with van der Waals surface area (Å²) in [4.78, 5) is 5.21. The third-order valence-corrected chi connectivity index (χ3v) is 6.75. The minimum absolute atomic E-state index is 0.0342. The number of piperazine rings is 2. The molecule has 0 spiro atoms. The summed E-state index contributed by atoms with van der Waals surface area (Å²) in [6, 6.07) is 0. The first-order valence-electron chi connectivity index (χ1n) is 11.2. The highest BCUT2D eigenvalue weighted by Crippen LogP contribution is 2.30. The lowest BCUT2D eigenvalue weighted by Crippen LogP contribution is -2.71. The Labute approximate surface area is 174 Å². The molecule has 6 heteroatoms. The maximum atomic E-state index is 6.36. The summed E-state index contributed by atoms with van der Waals surface area (Å²) in [7, 11) is 0. The second-order valence-electron chi connectivity index (χ2n) is 11.8. The van der Waals surface area contributed by atoms with Crippen molar-refractivity contribution in [3.63, 3.8) is 0 Å². The van der Waals surface area contributed by atoms with Crippen molar-refractivity contribution in [1.29, 1.82) is 0 Å². The Kier molecular flexibility index (Phi) is 7.28. The van der Waals surface area contributed by atoms with Gasteiger partial charge in [-0.05, 0) is 81.3 Å². The summed E-state index contributed by atoms with van der Waals surface area (Å²) in [6.45, 7) is 24.6. The van der Waals surface area contributed by atoms with E-state index < -0.39 is 0 Å². The molecular formula is C22H48N6. The van der Waals surface area contributed by atoms with Gasteiger partial charge in [-0.3, -0.25) is 21.5 Å². The van der Waals surface area contributed by atoms with Crippen molar-refractivity contribution >= 4 is 0 Å². The summed E-state index contributed by atoms with van der Waals surface area (Å²) in [5.41, 5.74) is 0.137. The van der Waals surface area contributed by atoms with Crippen LogP contribution in [0, 0.1) is 0 Å². The first kappa shape index (κ1) is 24.0. The van der Waals surface area contributed by atoms with Gasteiger partial charge in [0.2, 0.25) is 0 Å². The number of rotatable bonds is 7. The number of hydrogen-bond donors (Lipinski definition) is 2. The van der Waals surface area contributed by atoms with E-state index in [2.05, 4.69) is 75.2 Å². The highest BCUT2D eigenvalue weighted by molar-refractivity contribution is 4.99. The molecule has 28 heavy (non-hydrogen) atoms. The van der Waals surface area contributed by atoms with Crippen molar-refractivity contribution in [2.75, 3.05) is 39.3 Å². The van der Waals surface area contributed by atoms with Gasteiger partial charge in [0.1, 0.15) is 0 Å². The molecule has 2 aliphatic rings. The van der Waals surface area contributed by atoms with Crippen molar-refractivity contribution in [2.24, 2.45) is 11.7 Å². The van der Waals surface area contributed by atoms with Gasteiger partial charge in [-0.2, -0.15) is 0 Å². The first-order chi connectivity index (χ1) is 12.7. The third kappa shape index (κ3) is 5.67. The van der Waals surface area contributed by atoms with Crippen LogP contribution in [0.2, 0.25) is 0 Å². The van der Waals surface area contributed by atoms with Crippen molar-refractivity contribution < 1.29 is 0 Å². The molecule has 6 nitrogen and oxygen atoms in total. The standard InChI is InChI=1S/C22H48N6/c1-19(2)15-25(16-20(3,4)27(19)23)13-11-9-10-12-14-26-17-21(5,6)28(24)22(7,8)18-26/h9-18,23-24H2,1-8H3. The van der Waals surface area contributed by atoms with E-state index in [0.29, 0.717) is 0 Å². The topological polar surface area (TPSA) is 65.0 Å². The molecule has 0 aromatic heterocycles. The Morgan fingerprint density at radius 1 is 0.500 bits per heavy atom. The molecule has 2 aliphatic heterocycles. The minimum Gasteiger partial charge on any atom is -0.300 e. The van der Waals surface area contributed by atoms with Crippen LogP contribution < -0.4 is 11.7 Å². The normalized spacial score (nSPS) is 28.5. The quantitative estimate of drug-likeness (QED) is 0.509. The van der Waals surface area contributed by atoms with Gasteiger partial charge in [-0.1, -0.05) is 12.8 Å². The number of nitrogens with two attached hydrogens (primary N) is 2. The van der Waals surface area contributed by atoms with Crippen LogP contribution in [-0.4, -0.2) is 81.2 Å². The smallest absolute Gasteiger partial charge is 0.0428 e. The summed E-state index contributed by atoms with van der Waals surface area (Å²) in [5, 5.41) is 4.11. The van der Waals surface area contributed by atoms with Crippen molar-refractivity contribution in [2.45, 2.75) is 103 Å². The lowest BCUT2D eigenvalue weighted by molar-refractivity contribution is -0.0712. The average Bonchev–Trinajstić information content (AvgIpc) is 2.52. The summed E-state index contributed by atoms with van der Waals surface area (Å²) in [5.74, 6) is 12.7. The van der Waals surface area contributed by atoms with Crippen LogP contribution in [0.15, 0.2) is 0 Å². The SMILES string of the molecule is CC1(C)CN(CCCCCCN2CC(C)(C)N(N)C(C)(C)C2)CC(C)(C)N1N. The lowest BCUT2D eigenvalue weighted by Gasteiger charge is -2.54. The predicted molar refractivity (Wildman–Crippen MR) is 120 cm³/mol. The average molecular weight is 397 g/mol. The molecule has 166 valence electrons. The molecule has 0 saturated carbocycles. The maximum absolute atomic E-state index is 6.36. The van der Waals surface area contributed by atoms with E-state index in [0.717, 1.165) is 26.2 Å². The van der Waals surface area contributed by atoms with Gasteiger partial charge in [0.05, 0.1) is 0 Å². The number of hydrazine groups is 2. The Balaban J connectivity index is 1.67. The molecule has 0 aromatic rings. The zero-order valence-corrected chi connectivity index (χ0v) is 20.0. The Hall–Kier alpha value is -0.240. The van der Waals surface area contributed by atoms with E-state index in [-0.39, 0.29) is 22.2 Å². The number of unbranched alkanes of at least 4 members (excludes halogenated alkanes) is 3. The van der Waals surface area contributed by atoms with Crippen LogP contribution in [0.3, 0.4) is 0 Å². The van der Waals surface area contributed by atoms with Crippen LogP contribution in [0.25, 0.3) is 0 Å². The number of nitrogens with zero attached hydrogens (tertiary/aromatic N) is 4. The summed E-state index contributed by atoms with van der Waals surface area (Å²) < 4.78 is 0. The van der Waals surface area contributed by atoms with Gasteiger partial charge >= 0.3 is 0 Å². The summed E-state index contributed by atoms with van der Waals surface area (Å²) in [6.07, 6.45) is 5.19. The van der Waals surface area contributed by atoms with Crippen molar-refractivity contribution in [3.8, 4) is 0 Å². The minimum atomic E-state index is 0.0342. The molecule has 0 aliphatic carbocycles. The molecule has 0 atom stereocenters. The van der Waals surface area contributed by atoms with E-state index >= 15 is 0 Å². The molecule has 4 N–H and O–H groups in total. The molecule has 0 radical (unpaired) electrons. The van der Waals surface area contributed by atoms with Gasteiger partial charge in [0, 0.05) is 48.3 Å². The zero-order valence-electron chi connectivity index (χ0n) is 20.0. The largest absolute Gasteiger partial charge is 0.300 e. The molecular weight excluding hydrogens is 348 g/mol. The van der Waals surface area contributed by atoms with Crippen LogP contribution in [-0.2, 0) is 0 Å². The molecule has 2 fully saturated rings. The molecule has 2 saturated heterocycles. The molecule has 2 rings (SSSR count). The van der Waals surface area contributed by atoms with Crippen LogP contribution >= 0.6 is 0 Å². The third-order valence-electron chi connectivity index (χ3n) is 6.75. The molecule has 0 unspecified atom stereocenters. The van der Waals surface area contributed by atoms with Gasteiger partial charge in [-0.25, -0.2) is 10.0 Å². The second-order valence-corrected chi connectivity index (χ2v) is 11.8. The second kappa shape index (κ2) is 8.48. The van der Waals surface area contributed by atoms with Gasteiger partial charge < -0.3 is 0 Å². The van der Waals surface area contributed by atoms with Crippen LogP contribution in [0.1, 0.15) is 81.1 Å². The highest BCUT2D eigenvalue weighted by Gasteiger charge is 2.43. The van der Waals surface area contributed by atoms with Crippen LogP contribution in [0.5, 0.6) is 0 Å². The Bertz CT molecular complexity index is 431. The van der Waals surface area contributed by atoms with Crippen molar-refractivity contribution in [1.82, 2.24) is 19.8 Å². The molecule has 2 heterocycles. The van der Waals surface area contributed by atoms with E-state index in [9.17, 15) is 0 Å². The van der Waals surface area contributed by atoms with Crippen LogP contribution in [0.4, 0.5) is 0 Å². The summed E-state index contributed by atoms with van der Waals surface area (Å²) >= 11 is 0. The predicted octanol–water partition coefficient (Wildman–Crippen LogP) is 2.64. The highest BCUT2D eigenvalue weighted by atomic mass is 15.5. The van der Waals surface area contributed by atoms with E-state index in [1.807, 2.05) is 0 Å². The van der Waals surface area contributed by atoms with E-state index in [1.165, 1.54) is 38.8 Å². The zero-order chi connectivity index (χ0) is 21.4. The fourth-order valence-corrected chi connectivity index (χ4v) is 5.58. The van der Waals surface area contributed by atoms with E-state index in [4.69, 9.17) is 11.7 Å². The fourth-order valence-electron chi connectivity index (χ4n) is 5.58. The van der Waals surface area contributed by atoms with Gasteiger partial charge in [0.25, 0.3) is 0 Å². The first-order valence-corrected chi connectivity index (χ1v) is 11.2.